The van der Waals surface area contributed by atoms with Gasteiger partial charge in [-0.3, -0.25) is 9.59 Å². The zero-order valence-corrected chi connectivity index (χ0v) is 24.0. The van der Waals surface area contributed by atoms with Crippen LogP contribution in [0.2, 0.25) is 0 Å². The van der Waals surface area contributed by atoms with Crippen LogP contribution in [0, 0.1) is 13.8 Å². The van der Waals surface area contributed by atoms with Crippen molar-refractivity contribution in [3.63, 3.8) is 0 Å². The summed E-state index contributed by atoms with van der Waals surface area (Å²) in [6, 6.07) is 10.5. The molecule has 0 heterocycles. The first-order valence-corrected chi connectivity index (χ1v) is 13.8. The summed E-state index contributed by atoms with van der Waals surface area (Å²) in [5.41, 5.74) is 2.82. The Labute approximate surface area is 232 Å². The van der Waals surface area contributed by atoms with Gasteiger partial charge in [-0.25, -0.2) is 4.79 Å². The fourth-order valence-electron chi connectivity index (χ4n) is 4.90. The molecule has 1 aliphatic carbocycles. The number of amides is 3. The minimum Gasteiger partial charge on any atom is -0.508 e. The van der Waals surface area contributed by atoms with Crippen molar-refractivity contribution in [3.05, 3.63) is 64.7 Å². The number of hydrogen-bond donors (Lipinski definition) is 3. The average Bonchev–Trinajstić information content (AvgIpc) is 2.86. The van der Waals surface area contributed by atoms with E-state index in [9.17, 15) is 19.5 Å². The van der Waals surface area contributed by atoms with E-state index < -0.39 is 29.7 Å². The van der Waals surface area contributed by atoms with Crippen LogP contribution in [0.4, 0.5) is 4.79 Å². The standard InChI is InChI=1S/C31H43N3O5/c1-20-12-15-23(18-21(20)2)27(28(36)32-24-10-8-7-9-11-24)34(6)29(37)26(33-30(38)39-31(3,4)5)19-22-13-16-25(35)17-14-22/h12-18,24,26-27,35H,7-11,19H2,1-6H3,(H,32,36)(H,33,38). The molecule has 39 heavy (non-hydrogen) atoms. The van der Waals surface area contributed by atoms with Gasteiger partial charge in [0.2, 0.25) is 11.8 Å². The number of phenols is 1. The van der Waals surface area contributed by atoms with Gasteiger partial charge in [-0.05, 0) is 81.8 Å². The average molecular weight is 538 g/mol. The summed E-state index contributed by atoms with van der Waals surface area (Å²) in [5, 5.41) is 15.6. The van der Waals surface area contributed by atoms with E-state index in [0.29, 0.717) is 5.56 Å². The van der Waals surface area contributed by atoms with Crippen LogP contribution >= 0.6 is 0 Å². The van der Waals surface area contributed by atoms with Crippen LogP contribution < -0.4 is 10.6 Å². The summed E-state index contributed by atoms with van der Waals surface area (Å²) in [7, 11) is 1.60. The summed E-state index contributed by atoms with van der Waals surface area (Å²) in [6.45, 7) is 9.24. The molecule has 1 aliphatic rings. The Hall–Kier alpha value is -3.55. The Kier molecular flexibility index (Phi) is 10.0. The van der Waals surface area contributed by atoms with Crippen LogP contribution in [0.25, 0.3) is 0 Å². The quantitative estimate of drug-likeness (QED) is 0.435. The van der Waals surface area contributed by atoms with Gasteiger partial charge in [0.1, 0.15) is 23.4 Å². The van der Waals surface area contributed by atoms with E-state index in [1.165, 1.54) is 23.5 Å². The largest absolute Gasteiger partial charge is 0.508 e. The van der Waals surface area contributed by atoms with E-state index in [2.05, 4.69) is 10.6 Å². The topological polar surface area (TPSA) is 108 Å². The molecule has 0 radical (unpaired) electrons. The van der Waals surface area contributed by atoms with Gasteiger partial charge in [0, 0.05) is 19.5 Å². The molecule has 0 spiro atoms. The molecule has 2 atom stereocenters. The van der Waals surface area contributed by atoms with Crippen LogP contribution in [-0.4, -0.2) is 52.6 Å². The smallest absolute Gasteiger partial charge is 0.408 e. The number of ether oxygens (including phenoxy) is 1. The number of rotatable bonds is 8. The Morgan fingerprint density at radius 3 is 2.23 bits per heavy atom. The third-order valence-corrected chi connectivity index (χ3v) is 7.15. The van der Waals surface area contributed by atoms with Crippen LogP contribution in [0.15, 0.2) is 42.5 Å². The molecule has 212 valence electrons. The summed E-state index contributed by atoms with van der Waals surface area (Å²) in [6.07, 6.45) is 4.60. The van der Waals surface area contributed by atoms with Gasteiger partial charge in [0.05, 0.1) is 0 Å². The highest BCUT2D eigenvalue weighted by Gasteiger charge is 2.35. The van der Waals surface area contributed by atoms with Gasteiger partial charge in [-0.1, -0.05) is 49.6 Å². The third-order valence-electron chi connectivity index (χ3n) is 7.15. The fraction of sp³-hybridized carbons (Fsp3) is 0.516. The third kappa shape index (κ3) is 8.73. The number of alkyl carbamates (subject to hydrolysis) is 1. The van der Waals surface area contributed by atoms with Crippen molar-refractivity contribution in [3.8, 4) is 5.75 Å². The molecular weight excluding hydrogens is 494 g/mol. The molecule has 3 amide bonds. The number of benzene rings is 2. The molecule has 1 saturated carbocycles. The second-order valence-corrected chi connectivity index (χ2v) is 11.6. The first-order valence-electron chi connectivity index (χ1n) is 13.8. The van der Waals surface area contributed by atoms with Gasteiger partial charge < -0.3 is 25.4 Å². The molecule has 0 saturated heterocycles. The van der Waals surface area contributed by atoms with Crippen LogP contribution in [0.3, 0.4) is 0 Å². The minimum atomic E-state index is -0.995. The highest BCUT2D eigenvalue weighted by molar-refractivity contribution is 5.92. The molecule has 3 rings (SSSR count). The van der Waals surface area contributed by atoms with E-state index >= 15 is 0 Å². The lowest BCUT2D eigenvalue weighted by atomic mass is 9.94. The molecule has 0 aromatic heterocycles. The molecule has 8 heteroatoms. The molecule has 2 aromatic rings. The monoisotopic (exact) mass is 537 g/mol. The van der Waals surface area contributed by atoms with Crippen LogP contribution in [0.1, 0.15) is 81.2 Å². The second-order valence-electron chi connectivity index (χ2n) is 11.6. The highest BCUT2D eigenvalue weighted by atomic mass is 16.6. The summed E-state index contributed by atoms with van der Waals surface area (Å²) in [4.78, 5) is 41.9. The van der Waals surface area contributed by atoms with E-state index in [1.807, 2.05) is 32.0 Å². The molecule has 2 unspecified atom stereocenters. The number of nitrogens with one attached hydrogen (secondary N) is 2. The Morgan fingerprint density at radius 1 is 1.00 bits per heavy atom. The van der Waals surface area contributed by atoms with Gasteiger partial charge in [-0.2, -0.15) is 0 Å². The number of aryl methyl sites for hydroxylation is 2. The number of nitrogens with zero attached hydrogens (tertiary/aromatic N) is 1. The molecular formula is C31H43N3O5. The first-order chi connectivity index (χ1) is 18.3. The molecule has 3 N–H and O–H groups in total. The summed E-state index contributed by atoms with van der Waals surface area (Å²) < 4.78 is 5.44. The summed E-state index contributed by atoms with van der Waals surface area (Å²) >= 11 is 0. The minimum absolute atomic E-state index is 0.0801. The van der Waals surface area contributed by atoms with Crippen molar-refractivity contribution in [2.45, 2.75) is 96.9 Å². The first kappa shape index (κ1) is 30.0. The Balaban J connectivity index is 1.92. The van der Waals surface area contributed by atoms with Gasteiger partial charge in [0.15, 0.2) is 0 Å². The van der Waals surface area contributed by atoms with E-state index in [0.717, 1.165) is 42.4 Å². The number of carbonyl (C=O) groups excluding carboxylic acids is 3. The van der Waals surface area contributed by atoms with Crippen molar-refractivity contribution >= 4 is 17.9 Å². The molecule has 0 bridgehead atoms. The second kappa shape index (κ2) is 13.0. The van der Waals surface area contributed by atoms with Crippen molar-refractivity contribution in [1.82, 2.24) is 15.5 Å². The lowest BCUT2D eigenvalue weighted by Gasteiger charge is -2.33. The number of carbonyl (C=O) groups is 3. The van der Waals surface area contributed by atoms with Crippen LogP contribution in [0.5, 0.6) is 5.75 Å². The molecule has 2 aromatic carbocycles. The van der Waals surface area contributed by atoms with Crippen molar-refractivity contribution in [1.29, 1.82) is 0 Å². The van der Waals surface area contributed by atoms with Crippen molar-refractivity contribution < 1.29 is 24.2 Å². The van der Waals surface area contributed by atoms with Gasteiger partial charge in [-0.15, -0.1) is 0 Å². The number of hydrogen-bond acceptors (Lipinski definition) is 5. The number of likely N-dealkylation sites (N-methyl/N-ethyl adjacent to an activating group) is 1. The van der Waals surface area contributed by atoms with Crippen molar-refractivity contribution in [2.75, 3.05) is 7.05 Å². The molecule has 1 fully saturated rings. The zero-order chi connectivity index (χ0) is 28.7. The predicted octanol–water partition coefficient (Wildman–Crippen LogP) is 5.09. The number of aromatic hydroxyl groups is 1. The lowest BCUT2D eigenvalue weighted by Crippen LogP contribution is -2.53. The Bertz CT molecular complexity index is 1150. The maximum atomic E-state index is 14.0. The molecule has 0 aliphatic heterocycles. The highest BCUT2D eigenvalue weighted by Crippen LogP contribution is 2.26. The Morgan fingerprint density at radius 2 is 1.64 bits per heavy atom. The van der Waals surface area contributed by atoms with Gasteiger partial charge in [0.25, 0.3) is 0 Å². The maximum absolute atomic E-state index is 14.0. The summed E-state index contributed by atoms with van der Waals surface area (Å²) in [5.74, 6) is -0.550. The van der Waals surface area contributed by atoms with Gasteiger partial charge >= 0.3 is 6.09 Å². The normalized spacial score (nSPS) is 15.6. The number of phenolic OH excluding ortho intramolecular Hbond substituents is 1. The van der Waals surface area contributed by atoms with E-state index in [1.54, 1.807) is 40.0 Å². The zero-order valence-electron chi connectivity index (χ0n) is 24.0. The van der Waals surface area contributed by atoms with Crippen LogP contribution in [-0.2, 0) is 20.7 Å². The maximum Gasteiger partial charge on any atom is 0.408 e. The van der Waals surface area contributed by atoms with E-state index in [4.69, 9.17) is 4.74 Å². The van der Waals surface area contributed by atoms with Crippen molar-refractivity contribution in [2.24, 2.45) is 0 Å². The lowest BCUT2D eigenvalue weighted by molar-refractivity contribution is -0.141. The SMILES string of the molecule is Cc1ccc(C(C(=O)NC2CCCCC2)N(C)C(=O)C(Cc2ccc(O)cc2)NC(=O)OC(C)(C)C)cc1C. The van der Waals surface area contributed by atoms with E-state index in [-0.39, 0.29) is 24.1 Å². The molecule has 8 nitrogen and oxygen atoms in total. The predicted molar refractivity (Wildman–Crippen MR) is 151 cm³/mol. The fourth-order valence-corrected chi connectivity index (χ4v) is 4.90.